The Kier molecular flexibility index (Phi) is 3.42. The van der Waals surface area contributed by atoms with E-state index in [1.54, 1.807) is 11.1 Å². The maximum absolute atomic E-state index is 5.84. The minimum Gasteiger partial charge on any atom is -0.330 e. The van der Waals surface area contributed by atoms with Crippen LogP contribution in [0.2, 0.25) is 0 Å². The summed E-state index contributed by atoms with van der Waals surface area (Å²) in [6.45, 7) is 3.02. The first-order chi connectivity index (χ1) is 7.35. The Labute approximate surface area is 92.7 Å². The van der Waals surface area contributed by atoms with Crippen LogP contribution in [-0.4, -0.2) is 6.54 Å². The fourth-order valence-corrected chi connectivity index (χ4v) is 2.61. The highest BCUT2D eigenvalue weighted by Crippen LogP contribution is 2.27. The van der Waals surface area contributed by atoms with E-state index in [1.807, 2.05) is 0 Å². The van der Waals surface area contributed by atoms with E-state index in [9.17, 15) is 0 Å². The molecule has 1 atom stereocenters. The standard InChI is InChI=1S/C14H21N/c1-2-4-14(10-15)13-8-7-11-5-3-6-12(11)9-13/h7-9,14H,2-6,10,15H2,1H3. The molecule has 1 aliphatic carbocycles. The molecule has 1 unspecified atom stereocenters. The lowest BCUT2D eigenvalue weighted by Gasteiger charge is -2.15. The van der Waals surface area contributed by atoms with Crippen LogP contribution in [0.15, 0.2) is 18.2 Å². The van der Waals surface area contributed by atoms with Crippen LogP contribution in [0.5, 0.6) is 0 Å². The zero-order valence-electron chi connectivity index (χ0n) is 9.63. The highest BCUT2D eigenvalue weighted by atomic mass is 14.5. The van der Waals surface area contributed by atoms with E-state index in [2.05, 4.69) is 25.1 Å². The minimum absolute atomic E-state index is 0.570. The summed E-state index contributed by atoms with van der Waals surface area (Å²) in [6, 6.07) is 7.00. The second-order valence-corrected chi connectivity index (χ2v) is 4.60. The molecule has 2 N–H and O–H groups in total. The van der Waals surface area contributed by atoms with Crippen LogP contribution in [0.3, 0.4) is 0 Å². The van der Waals surface area contributed by atoms with Crippen molar-refractivity contribution in [1.82, 2.24) is 0 Å². The smallest absolute Gasteiger partial charge is 0.000824 e. The van der Waals surface area contributed by atoms with Gasteiger partial charge in [-0.2, -0.15) is 0 Å². The Morgan fingerprint density at radius 1 is 1.27 bits per heavy atom. The Morgan fingerprint density at radius 2 is 2.07 bits per heavy atom. The van der Waals surface area contributed by atoms with Crippen molar-refractivity contribution in [1.29, 1.82) is 0 Å². The molecule has 1 aliphatic rings. The van der Waals surface area contributed by atoms with Gasteiger partial charge in [0.15, 0.2) is 0 Å². The van der Waals surface area contributed by atoms with E-state index in [0.29, 0.717) is 5.92 Å². The van der Waals surface area contributed by atoms with E-state index in [0.717, 1.165) is 6.54 Å². The Morgan fingerprint density at radius 3 is 2.80 bits per heavy atom. The van der Waals surface area contributed by atoms with Gasteiger partial charge in [0.05, 0.1) is 0 Å². The summed E-state index contributed by atoms with van der Waals surface area (Å²) >= 11 is 0. The summed E-state index contributed by atoms with van der Waals surface area (Å²) in [5.74, 6) is 0.570. The molecule has 0 aromatic heterocycles. The molecule has 0 aliphatic heterocycles. The van der Waals surface area contributed by atoms with Crippen molar-refractivity contribution >= 4 is 0 Å². The van der Waals surface area contributed by atoms with Gasteiger partial charge in [0, 0.05) is 0 Å². The number of hydrogen-bond acceptors (Lipinski definition) is 1. The molecule has 0 fully saturated rings. The van der Waals surface area contributed by atoms with Gasteiger partial charge in [-0.1, -0.05) is 31.5 Å². The Balaban J connectivity index is 2.20. The fraction of sp³-hybridized carbons (Fsp3) is 0.571. The quantitative estimate of drug-likeness (QED) is 0.799. The molecule has 0 heterocycles. The van der Waals surface area contributed by atoms with Crippen LogP contribution in [0.1, 0.15) is 48.8 Å². The molecule has 1 aromatic rings. The number of aryl methyl sites for hydroxylation is 2. The van der Waals surface area contributed by atoms with Crippen molar-refractivity contribution in [3.63, 3.8) is 0 Å². The predicted molar refractivity (Wildman–Crippen MR) is 65.2 cm³/mol. The summed E-state index contributed by atoms with van der Waals surface area (Å²) in [4.78, 5) is 0. The van der Waals surface area contributed by atoms with Gasteiger partial charge in [0.2, 0.25) is 0 Å². The van der Waals surface area contributed by atoms with Crippen LogP contribution >= 0.6 is 0 Å². The fourth-order valence-electron chi connectivity index (χ4n) is 2.61. The highest BCUT2D eigenvalue weighted by molar-refractivity contribution is 5.36. The van der Waals surface area contributed by atoms with Crippen molar-refractivity contribution in [2.24, 2.45) is 5.73 Å². The van der Waals surface area contributed by atoms with Crippen LogP contribution in [-0.2, 0) is 12.8 Å². The molecule has 0 amide bonds. The second kappa shape index (κ2) is 4.80. The molecule has 1 nitrogen and oxygen atoms in total. The average molecular weight is 203 g/mol. The third-order valence-electron chi connectivity index (χ3n) is 3.52. The van der Waals surface area contributed by atoms with Gasteiger partial charge in [-0.3, -0.25) is 0 Å². The largest absolute Gasteiger partial charge is 0.330 e. The van der Waals surface area contributed by atoms with Gasteiger partial charge in [0.1, 0.15) is 0 Å². The zero-order chi connectivity index (χ0) is 10.7. The van der Waals surface area contributed by atoms with Crippen LogP contribution in [0.4, 0.5) is 0 Å². The van der Waals surface area contributed by atoms with Gasteiger partial charge >= 0.3 is 0 Å². The molecule has 0 saturated heterocycles. The first kappa shape index (κ1) is 10.7. The third kappa shape index (κ3) is 2.23. The predicted octanol–water partition coefficient (Wildman–Crippen LogP) is 3.02. The van der Waals surface area contributed by atoms with Gasteiger partial charge in [0.25, 0.3) is 0 Å². The number of nitrogens with two attached hydrogens (primary N) is 1. The lowest BCUT2D eigenvalue weighted by Crippen LogP contribution is -2.12. The van der Waals surface area contributed by atoms with Crippen LogP contribution < -0.4 is 5.73 Å². The summed E-state index contributed by atoms with van der Waals surface area (Å²) in [7, 11) is 0. The van der Waals surface area contributed by atoms with Gasteiger partial charge in [-0.15, -0.1) is 0 Å². The molecular weight excluding hydrogens is 182 g/mol. The second-order valence-electron chi connectivity index (χ2n) is 4.60. The van der Waals surface area contributed by atoms with Crippen molar-refractivity contribution in [2.75, 3.05) is 6.54 Å². The van der Waals surface area contributed by atoms with E-state index >= 15 is 0 Å². The van der Waals surface area contributed by atoms with Crippen molar-refractivity contribution < 1.29 is 0 Å². The number of fused-ring (bicyclic) bond motifs is 1. The van der Waals surface area contributed by atoms with E-state index in [1.165, 1.54) is 37.7 Å². The molecular formula is C14H21N. The lowest BCUT2D eigenvalue weighted by molar-refractivity contribution is 0.622. The topological polar surface area (TPSA) is 26.0 Å². The average Bonchev–Trinajstić information content (AvgIpc) is 2.72. The first-order valence-corrected chi connectivity index (χ1v) is 6.17. The molecule has 1 heteroatoms. The van der Waals surface area contributed by atoms with E-state index < -0.39 is 0 Å². The normalized spacial score (nSPS) is 16.4. The maximum atomic E-state index is 5.84. The molecule has 15 heavy (non-hydrogen) atoms. The summed E-state index contributed by atoms with van der Waals surface area (Å²) in [6.07, 6.45) is 6.32. The van der Waals surface area contributed by atoms with Crippen molar-refractivity contribution in [2.45, 2.75) is 44.9 Å². The highest BCUT2D eigenvalue weighted by Gasteiger charge is 2.14. The summed E-state index contributed by atoms with van der Waals surface area (Å²) in [5.41, 5.74) is 10.4. The molecule has 82 valence electrons. The Bertz CT molecular complexity index is 330. The van der Waals surface area contributed by atoms with Gasteiger partial charge in [-0.25, -0.2) is 0 Å². The molecule has 0 radical (unpaired) electrons. The van der Waals surface area contributed by atoms with E-state index in [4.69, 9.17) is 5.73 Å². The third-order valence-corrected chi connectivity index (χ3v) is 3.52. The zero-order valence-corrected chi connectivity index (χ0v) is 9.63. The molecule has 0 bridgehead atoms. The first-order valence-electron chi connectivity index (χ1n) is 6.17. The molecule has 1 aromatic carbocycles. The minimum atomic E-state index is 0.570. The summed E-state index contributed by atoms with van der Waals surface area (Å²) < 4.78 is 0. The monoisotopic (exact) mass is 203 g/mol. The number of benzene rings is 1. The lowest BCUT2D eigenvalue weighted by atomic mass is 9.92. The molecule has 2 rings (SSSR count). The van der Waals surface area contributed by atoms with Gasteiger partial charge < -0.3 is 5.73 Å². The van der Waals surface area contributed by atoms with Crippen LogP contribution in [0.25, 0.3) is 0 Å². The molecule has 0 spiro atoms. The SMILES string of the molecule is CCCC(CN)c1ccc2c(c1)CCC2. The van der Waals surface area contributed by atoms with Crippen molar-refractivity contribution in [3.8, 4) is 0 Å². The van der Waals surface area contributed by atoms with E-state index in [-0.39, 0.29) is 0 Å². The Hall–Kier alpha value is -0.820. The number of rotatable bonds is 4. The molecule has 0 saturated carbocycles. The van der Waals surface area contributed by atoms with Gasteiger partial charge in [-0.05, 0) is 54.8 Å². The van der Waals surface area contributed by atoms with Crippen LogP contribution in [0, 0.1) is 0 Å². The van der Waals surface area contributed by atoms with Crippen molar-refractivity contribution in [3.05, 3.63) is 34.9 Å². The number of hydrogen-bond donors (Lipinski definition) is 1. The maximum Gasteiger partial charge on any atom is -0.000824 e. The summed E-state index contributed by atoms with van der Waals surface area (Å²) in [5, 5.41) is 0.